The lowest BCUT2D eigenvalue weighted by Gasteiger charge is -2.28. The van der Waals surface area contributed by atoms with Gasteiger partial charge in [-0.15, -0.1) is 0 Å². The first-order chi connectivity index (χ1) is 21.2. The molecule has 1 atom stereocenters. The van der Waals surface area contributed by atoms with E-state index in [1.54, 1.807) is 7.11 Å². The van der Waals surface area contributed by atoms with Crippen LogP contribution in [0.5, 0.6) is 5.75 Å². The van der Waals surface area contributed by atoms with Crippen LogP contribution in [0.4, 0.5) is 0 Å². The van der Waals surface area contributed by atoms with Gasteiger partial charge in [0.05, 0.1) is 29.0 Å². The lowest BCUT2D eigenvalue weighted by molar-refractivity contribution is 0.420. The van der Waals surface area contributed by atoms with Crippen molar-refractivity contribution in [2.24, 2.45) is 0 Å². The third kappa shape index (κ3) is 3.16. The highest BCUT2D eigenvalue weighted by molar-refractivity contribution is 6.26. The van der Waals surface area contributed by atoms with Crippen LogP contribution in [0.2, 0.25) is 0 Å². The van der Waals surface area contributed by atoms with Crippen LogP contribution in [0, 0.1) is 6.92 Å². The fraction of sp³-hybridized carbons (Fsp3) is 0.190. The van der Waals surface area contributed by atoms with Gasteiger partial charge in [-0.3, -0.25) is 0 Å². The lowest BCUT2D eigenvalue weighted by Crippen LogP contribution is -2.22. The fourth-order valence-corrected chi connectivity index (χ4v) is 8.13. The van der Waals surface area contributed by atoms with Crippen molar-refractivity contribution in [2.75, 3.05) is 7.11 Å². The van der Waals surface area contributed by atoms with E-state index >= 15 is 0 Å². The van der Waals surface area contributed by atoms with Crippen LogP contribution in [-0.4, -0.2) is 11.5 Å². The molecule has 0 N–H and O–H groups in total. The summed E-state index contributed by atoms with van der Waals surface area (Å²) in [5.41, 5.74) is 13.0. The van der Waals surface area contributed by atoms with Crippen LogP contribution in [0.15, 0.2) is 103 Å². The first kappa shape index (κ1) is 25.7. The third-order valence-corrected chi connectivity index (χ3v) is 10.5. The average molecular weight is 570 g/mol. The Bertz CT molecular complexity index is 2470. The van der Waals surface area contributed by atoms with E-state index in [0.717, 1.165) is 5.75 Å². The van der Waals surface area contributed by atoms with Crippen LogP contribution in [-0.2, 0) is 10.8 Å². The molecule has 6 aromatic carbocycles. The molecule has 0 aliphatic heterocycles. The van der Waals surface area contributed by atoms with Gasteiger partial charge in [-0.25, -0.2) is 0 Å². The molecule has 2 heteroatoms. The van der Waals surface area contributed by atoms with E-state index < -0.39 is 0 Å². The number of ether oxygens (including phenoxy) is 1. The predicted molar refractivity (Wildman–Crippen MR) is 186 cm³/mol. The summed E-state index contributed by atoms with van der Waals surface area (Å²) in [6, 6.07) is 39.1. The first-order valence-electron chi connectivity index (χ1n) is 15.6. The molecule has 1 aliphatic carbocycles. The third-order valence-electron chi connectivity index (χ3n) is 10.5. The van der Waals surface area contributed by atoms with Gasteiger partial charge < -0.3 is 9.14 Å². The van der Waals surface area contributed by atoms with Crippen molar-refractivity contribution >= 4 is 48.9 Å². The molecule has 0 bridgehead atoms. The number of rotatable bonds is 2. The predicted octanol–water partition coefficient (Wildman–Crippen LogP) is 10.9. The van der Waals surface area contributed by atoms with Gasteiger partial charge in [-0.2, -0.15) is 0 Å². The normalized spacial score (nSPS) is 16.5. The second kappa shape index (κ2) is 8.42. The van der Waals surface area contributed by atoms with Crippen LogP contribution >= 0.6 is 0 Å². The highest BCUT2D eigenvalue weighted by Gasteiger charge is 2.41. The number of fused-ring (bicyclic) bond motifs is 10. The second-order valence-corrected chi connectivity index (χ2v) is 14.0. The summed E-state index contributed by atoms with van der Waals surface area (Å²) in [4.78, 5) is 0. The Morgan fingerprint density at radius 2 is 1.43 bits per heavy atom. The molecule has 2 heterocycles. The molecule has 8 aromatic rings. The molecular weight excluding hydrogens is 534 g/mol. The fourth-order valence-electron chi connectivity index (χ4n) is 8.13. The van der Waals surface area contributed by atoms with Gasteiger partial charge in [0.2, 0.25) is 0 Å². The Labute approximate surface area is 257 Å². The number of aromatic nitrogens is 1. The Hall–Kier alpha value is -4.82. The summed E-state index contributed by atoms with van der Waals surface area (Å²) in [6.45, 7) is 11.5. The Kier molecular flexibility index (Phi) is 4.91. The lowest BCUT2D eigenvalue weighted by atomic mass is 9.74. The number of hydrogen-bond donors (Lipinski definition) is 0. The zero-order valence-electron chi connectivity index (χ0n) is 26.2. The van der Waals surface area contributed by atoms with Gasteiger partial charge >= 0.3 is 0 Å². The Balaban J connectivity index is 1.40. The van der Waals surface area contributed by atoms with Crippen molar-refractivity contribution in [3.8, 4) is 16.9 Å². The minimum atomic E-state index is -0.224. The summed E-state index contributed by atoms with van der Waals surface area (Å²) in [5.74, 6) is 0.931. The molecule has 1 aliphatic rings. The maximum atomic E-state index is 5.98. The molecular formula is C42H35NO. The molecule has 2 aromatic heterocycles. The van der Waals surface area contributed by atoms with E-state index in [1.807, 2.05) is 0 Å². The van der Waals surface area contributed by atoms with Crippen molar-refractivity contribution in [1.82, 2.24) is 4.40 Å². The van der Waals surface area contributed by atoms with Crippen LogP contribution in [0.3, 0.4) is 0 Å². The summed E-state index contributed by atoms with van der Waals surface area (Å²) in [6.07, 6.45) is 0. The zero-order chi connectivity index (χ0) is 30.1. The van der Waals surface area contributed by atoms with Gasteiger partial charge in [-0.1, -0.05) is 80.9 Å². The van der Waals surface area contributed by atoms with Crippen molar-refractivity contribution < 1.29 is 4.74 Å². The van der Waals surface area contributed by atoms with Crippen LogP contribution < -0.4 is 4.74 Å². The minimum Gasteiger partial charge on any atom is -0.496 e. The van der Waals surface area contributed by atoms with Crippen molar-refractivity contribution in [3.05, 3.63) is 131 Å². The van der Waals surface area contributed by atoms with Gasteiger partial charge in [-0.05, 0) is 112 Å². The van der Waals surface area contributed by atoms with Crippen molar-refractivity contribution in [2.45, 2.75) is 45.4 Å². The van der Waals surface area contributed by atoms with Gasteiger partial charge in [0, 0.05) is 21.6 Å². The van der Waals surface area contributed by atoms with Crippen molar-refractivity contribution in [1.29, 1.82) is 0 Å². The molecule has 0 fully saturated rings. The molecule has 2 nitrogen and oxygen atoms in total. The molecule has 0 amide bonds. The molecule has 0 spiro atoms. The summed E-state index contributed by atoms with van der Waals surface area (Å²) in [7, 11) is 1.79. The highest BCUT2D eigenvalue weighted by atomic mass is 16.5. The number of hydrogen-bond acceptors (Lipinski definition) is 1. The standard InChI is InChI=1S/C42H35NO/c1-24-12-14-29-31-19-25-20-32-30-15-17-38(44-6)39-33-23-28(41(2,3)4)13-16-36(33)43(40(30)39)37(32)22-26(25)21-35(31)42(5,34(29)18-24)27-10-8-7-9-11-27/h7-23H,1-6H3. The number of methoxy groups -OCH3 is 1. The van der Waals surface area contributed by atoms with Crippen LogP contribution in [0.25, 0.3) is 60.0 Å². The molecule has 0 saturated carbocycles. The second-order valence-electron chi connectivity index (χ2n) is 14.0. The molecule has 0 saturated heterocycles. The first-order valence-corrected chi connectivity index (χ1v) is 15.6. The molecule has 44 heavy (non-hydrogen) atoms. The smallest absolute Gasteiger partial charge is 0.128 e. The molecule has 0 radical (unpaired) electrons. The van der Waals surface area contributed by atoms with E-state index in [4.69, 9.17) is 4.74 Å². The number of nitrogens with zero attached hydrogens (tertiary/aromatic N) is 1. The number of benzene rings is 6. The summed E-state index contributed by atoms with van der Waals surface area (Å²) in [5, 5.41) is 7.57. The van der Waals surface area contributed by atoms with E-state index in [2.05, 4.69) is 142 Å². The Morgan fingerprint density at radius 3 is 2.20 bits per heavy atom. The van der Waals surface area contributed by atoms with Gasteiger partial charge in [0.15, 0.2) is 0 Å². The maximum Gasteiger partial charge on any atom is 0.128 e. The SMILES string of the molecule is COc1ccc2c3cc4cc5c(cc4cc3n3c4ccc(C(C)(C)C)cc4c1c23)C(C)(c1ccccc1)c1cc(C)ccc1-5. The largest absolute Gasteiger partial charge is 0.496 e. The maximum absolute atomic E-state index is 5.98. The quantitative estimate of drug-likeness (QED) is 0.202. The van der Waals surface area contributed by atoms with E-state index in [0.29, 0.717) is 0 Å². The summed E-state index contributed by atoms with van der Waals surface area (Å²) < 4.78 is 8.46. The van der Waals surface area contributed by atoms with E-state index in [1.165, 1.54) is 87.8 Å². The highest BCUT2D eigenvalue weighted by Crippen LogP contribution is 2.54. The van der Waals surface area contributed by atoms with Crippen molar-refractivity contribution in [3.63, 3.8) is 0 Å². The number of aryl methyl sites for hydroxylation is 1. The van der Waals surface area contributed by atoms with Gasteiger partial charge in [0.1, 0.15) is 5.75 Å². The summed E-state index contributed by atoms with van der Waals surface area (Å²) >= 11 is 0. The zero-order valence-corrected chi connectivity index (χ0v) is 26.2. The Morgan fingerprint density at radius 1 is 0.659 bits per heavy atom. The monoisotopic (exact) mass is 569 g/mol. The van der Waals surface area contributed by atoms with E-state index in [9.17, 15) is 0 Å². The minimum absolute atomic E-state index is 0.0631. The van der Waals surface area contributed by atoms with Gasteiger partial charge in [0.25, 0.3) is 0 Å². The van der Waals surface area contributed by atoms with E-state index in [-0.39, 0.29) is 10.8 Å². The molecule has 1 unspecified atom stereocenters. The topological polar surface area (TPSA) is 13.6 Å². The average Bonchev–Trinajstić information content (AvgIpc) is 3.61. The van der Waals surface area contributed by atoms with Crippen LogP contribution in [0.1, 0.15) is 55.5 Å². The molecule has 9 rings (SSSR count). The molecule has 214 valence electrons.